The normalized spacial score (nSPS) is 17.1. The highest BCUT2D eigenvalue weighted by molar-refractivity contribution is 5.30. The van der Waals surface area contributed by atoms with Crippen molar-refractivity contribution in [2.24, 2.45) is 0 Å². The molecule has 1 saturated carbocycles. The van der Waals surface area contributed by atoms with Gasteiger partial charge in [-0.1, -0.05) is 12.1 Å². The van der Waals surface area contributed by atoms with Gasteiger partial charge in [-0.2, -0.15) is 5.26 Å². The van der Waals surface area contributed by atoms with E-state index in [1.165, 1.54) is 6.07 Å². The van der Waals surface area contributed by atoms with Gasteiger partial charge in [0.2, 0.25) is 0 Å². The third kappa shape index (κ3) is 2.34. The Labute approximate surface area is 88.7 Å². The van der Waals surface area contributed by atoms with E-state index in [0.717, 1.165) is 18.4 Å². The first kappa shape index (κ1) is 10.1. The molecule has 1 fully saturated rings. The molecule has 0 heterocycles. The molecule has 1 aliphatic carbocycles. The fraction of sp³-hybridized carbons (Fsp3) is 0.417. The molecule has 0 spiro atoms. The standard InChI is InChI=1S/C12H13FN2/c1-8-6-9(2-5-11(8)13)12(7-14)15-10-3-4-10/h2,5-6,10,12,15H,3-4H2,1H3. The van der Waals surface area contributed by atoms with Gasteiger partial charge >= 0.3 is 0 Å². The predicted molar refractivity (Wildman–Crippen MR) is 55.6 cm³/mol. The molecule has 0 amide bonds. The van der Waals surface area contributed by atoms with Crippen molar-refractivity contribution in [2.75, 3.05) is 0 Å². The van der Waals surface area contributed by atoms with Crippen LogP contribution in [0.15, 0.2) is 18.2 Å². The molecule has 78 valence electrons. The fourth-order valence-corrected chi connectivity index (χ4v) is 1.54. The monoisotopic (exact) mass is 204 g/mol. The molecule has 1 aromatic rings. The Morgan fingerprint density at radius 1 is 1.53 bits per heavy atom. The van der Waals surface area contributed by atoms with Crippen molar-refractivity contribution in [1.82, 2.24) is 5.32 Å². The highest BCUT2D eigenvalue weighted by atomic mass is 19.1. The average molecular weight is 204 g/mol. The van der Waals surface area contributed by atoms with E-state index in [1.807, 2.05) is 0 Å². The van der Waals surface area contributed by atoms with Crippen LogP contribution in [0, 0.1) is 24.1 Å². The number of benzene rings is 1. The second-order valence-corrected chi connectivity index (χ2v) is 4.01. The lowest BCUT2D eigenvalue weighted by atomic mass is 10.1. The van der Waals surface area contributed by atoms with E-state index in [-0.39, 0.29) is 11.9 Å². The quantitative estimate of drug-likeness (QED) is 0.820. The van der Waals surface area contributed by atoms with E-state index in [0.29, 0.717) is 11.6 Å². The van der Waals surface area contributed by atoms with Crippen molar-refractivity contribution in [3.63, 3.8) is 0 Å². The fourth-order valence-electron chi connectivity index (χ4n) is 1.54. The summed E-state index contributed by atoms with van der Waals surface area (Å²) >= 11 is 0. The molecular weight excluding hydrogens is 191 g/mol. The van der Waals surface area contributed by atoms with Gasteiger partial charge in [-0.05, 0) is 37.0 Å². The number of hydrogen-bond donors (Lipinski definition) is 1. The van der Waals surface area contributed by atoms with Crippen LogP contribution >= 0.6 is 0 Å². The number of halogens is 1. The molecule has 0 aliphatic heterocycles. The maximum Gasteiger partial charge on any atom is 0.126 e. The number of hydrogen-bond acceptors (Lipinski definition) is 2. The van der Waals surface area contributed by atoms with E-state index in [1.54, 1.807) is 19.1 Å². The van der Waals surface area contributed by atoms with Crippen LogP contribution in [0.2, 0.25) is 0 Å². The highest BCUT2D eigenvalue weighted by Crippen LogP contribution is 2.24. The Morgan fingerprint density at radius 2 is 2.27 bits per heavy atom. The lowest BCUT2D eigenvalue weighted by Gasteiger charge is -2.11. The zero-order valence-corrected chi connectivity index (χ0v) is 8.63. The molecule has 2 rings (SSSR count). The van der Waals surface area contributed by atoms with Crippen LogP contribution in [0.5, 0.6) is 0 Å². The van der Waals surface area contributed by atoms with Crippen molar-refractivity contribution in [3.05, 3.63) is 35.1 Å². The van der Waals surface area contributed by atoms with Gasteiger partial charge in [0.15, 0.2) is 0 Å². The van der Waals surface area contributed by atoms with Crippen molar-refractivity contribution in [2.45, 2.75) is 31.8 Å². The first-order valence-corrected chi connectivity index (χ1v) is 5.12. The van der Waals surface area contributed by atoms with Gasteiger partial charge in [0.1, 0.15) is 11.9 Å². The summed E-state index contributed by atoms with van der Waals surface area (Å²) < 4.78 is 13.0. The molecule has 3 heteroatoms. The first-order chi connectivity index (χ1) is 7.20. The van der Waals surface area contributed by atoms with Crippen LogP contribution in [0.4, 0.5) is 4.39 Å². The minimum absolute atomic E-state index is 0.220. The average Bonchev–Trinajstić information content (AvgIpc) is 3.02. The largest absolute Gasteiger partial charge is 0.295 e. The number of nitriles is 1. The molecule has 0 aromatic heterocycles. The lowest BCUT2D eigenvalue weighted by molar-refractivity contribution is 0.605. The predicted octanol–water partition coefficient (Wildman–Crippen LogP) is 2.45. The highest BCUT2D eigenvalue weighted by Gasteiger charge is 2.25. The second-order valence-electron chi connectivity index (χ2n) is 4.01. The lowest BCUT2D eigenvalue weighted by Crippen LogP contribution is -2.22. The van der Waals surface area contributed by atoms with Crippen LogP contribution in [0.25, 0.3) is 0 Å². The van der Waals surface area contributed by atoms with E-state index in [9.17, 15) is 4.39 Å². The molecule has 15 heavy (non-hydrogen) atoms. The molecule has 1 atom stereocenters. The minimum atomic E-state index is -0.309. The van der Waals surface area contributed by atoms with E-state index >= 15 is 0 Å². The third-order valence-electron chi connectivity index (χ3n) is 2.62. The van der Waals surface area contributed by atoms with Crippen LogP contribution < -0.4 is 5.32 Å². The Bertz CT molecular complexity index is 405. The smallest absolute Gasteiger partial charge is 0.126 e. The minimum Gasteiger partial charge on any atom is -0.295 e. The molecule has 1 aliphatic rings. The van der Waals surface area contributed by atoms with Crippen molar-refractivity contribution >= 4 is 0 Å². The van der Waals surface area contributed by atoms with Crippen LogP contribution in [0.1, 0.15) is 30.0 Å². The van der Waals surface area contributed by atoms with Gasteiger partial charge in [0.05, 0.1) is 6.07 Å². The molecule has 1 unspecified atom stereocenters. The molecule has 2 nitrogen and oxygen atoms in total. The summed E-state index contributed by atoms with van der Waals surface area (Å²) in [6.45, 7) is 1.71. The van der Waals surface area contributed by atoms with Crippen molar-refractivity contribution in [3.8, 4) is 6.07 Å². The SMILES string of the molecule is Cc1cc(C(C#N)NC2CC2)ccc1F. The molecule has 1 aromatic carbocycles. The Morgan fingerprint density at radius 3 is 2.80 bits per heavy atom. The molecule has 0 bridgehead atoms. The van der Waals surface area contributed by atoms with Crippen LogP contribution in [0.3, 0.4) is 0 Å². The van der Waals surface area contributed by atoms with Gasteiger partial charge in [-0.3, -0.25) is 5.32 Å². The maximum absolute atomic E-state index is 13.0. The Hall–Kier alpha value is -1.40. The zero-order valence-electron chi connectivity index (χ0n) is 8.63. The van der Waals surface area contributed by atoms with Crippen molar-refractivity contribution < 1.29 is 4.39 Å². The summed E-state index contributed by atoms with van der Waals surface area (Å²) in [6.07, 6.45) is 2.27. The van der Waals surface area contributed by atoms with Crippen LogP contribution in [-0.4, -0.2) is 6.04 Å². The molecule has 0 saturated heterocycles. The number of rotatable bonds is 3. The first-order valence-electron chi connectivity index (χ1n) is 5.12. The summed E-state index contributed by atoms with van der Waals surface area (Å²) in [4.78, 5) is 0. The van der Waals surface area contributed by atoms with Gasteiger partial charge in [0, 0.05) is 6.04 Å². The zero-order chi connectivity index (χ0) is 10.8. The van der Waals surface area contributed by atoms with Crippen LogP contribution in [-0.2, 0) is 0 Å². The number of nitrogens with one attached hydrogen (secondary N) is 1. The van der Waals surface area contributed by atoms with E-state index in [2.05, 4.69) is 11.4 Å². The van der Waals surface area contributed by atoms with Gasteiger partial charge < -0.3 is 0 Å². The van der Waals surface area contributed by atoms with Gasteiger partial charge in [-0.15, -0.1) is 0 Å². The van der Waals surface area contributed by atoms with E-state index in [4.69, 9.17) is 5.26 Å². The summed E-state index contributed by atoms with van der Waals surface area (Å²) in [5.74, 6) is -0.220. The Kier molecular flexibility index (Phi) is 2.70. The molecule has 1 N–H and O–H groups in total. The Balaban J connectivity index is 2.18. The molecular formula is C12H13FN2. The van der Waals surface area contributed by atoms with Crippen molar-refractivity contribution in [1.29, 1.82) is 5.26 Å². The van der Waals surface area contributed by atoms with Gasteiger partial charge in [-0.25, -0.2) is 4.39 Å². The summed E-state index contributed by atoms with van der Waals surface area (Å²) in [5.41, 5.74) is 1.44. The number of aryl methyl sites for hydroxylation is 1. The van der Waals surface area contributed by atoms with Gasteiger partial charge in [0.25, 0.3) is 0 Å². The number of nitrogens with zero attached hydrogens (tertiary/aromatic N) is 1. The molecule has 0 radical (unpaired) electrons. The summed E-state index contributed by atoms with van der Waals surface area (Å²) in [7, 11) is 0. The summed E-state index contributed by atoms with van der Waals surface area (Å²) in [6, 6.07) is 7.19. The van der Waals surface area contributed by atoms with E-state index < -0.39 is 0 Å². The summed E-state index contributed by atoms with van der Waals surface area (Å²) in [5, 5.41) is 12.2. The second kappa shape index (κ2) is 4.00. The topological polar surface area (TPSA) is 35.8 Å². The third-order valence-corrected chi connectivity index (χ3v) is 2.62. The maximum atomic E-state index is 13.0.